The molecule has 4 aromatic rings. The largest absolute Gasteiger partial charge is 0.497 e. The summed E-state index contributed by atoms with van der Waals surface area (Å²) >= 11 is 0. The molecular weight excluding hydrogens is 833 g/mol. The number of primary amides is 2. The molecule has 0 aromatic heterocycles. The lowest BCUT2D eigenvalue weighted by molar-refractivity contribution is -0.118. The third-order valence-electron chi connectivity index (χ3n) is 9.88. The van der Waals surface area contributed by atoms with E-state index in [1.54, 1.807) is 89.1 Å². The minimum Gasteiger partial charge on any atom is -0.497 e. The van der Waals surface area contributed by atoms with Gasteiger partial charge in [0.15, 0.2) is 0 Å². The van der Waals surface area contributed by atoms with Gasteiger partial charge in [-0.05, 0) is 96.5 Å². The molecule has 0 saturated carbocycles. The molecule has 0 radical (unpaired) electrons. The first-order valence-electron chi connectivity index (χ1n) is 19.9. The van der Waals surface area contributed by atoms with Gasteiger partial charge in [-0.15, -0.1) is 13.2 Å². The maximum absolute atomic E-state index is 13.6. The molecule has 0 heterocycles. The highest BCUT2D eigenvalue weighted by atomic mass is 32.2. The van der Waals surface area contributed by atoms with Crippen LogP contribution in [0.1, 0.15) is 60.8 Å². The topological polar surface area (TPSA) is 198 Å². The van der Waals surface area contributed by atoms with Gasteiger partial charge in [0.25, 0.3) is 0 Å². The number of ether oxygens (including phenoxy) is 4. The van der Waals surface area contributed by atoms with Crippen molar-refractivity contribution >= 4 is 31.9 Å². The third kappa shape index (κ3) is 16.0. The number of hydrogen-bond acceptors (Lipinski definition) is 10. The first-order valence-corrected chi connectivity index (χ1v) is 22.9. The summed E-state index contributed by atoms with van der Waals surface area (Å²) in [5.41, 5.74) is 13.9. The Labute approximate surface area is 367 Å². The van der Waals surface area contributed by atoms with Gasteiger partial charge < -0.3 is 30.4 Å². The summed E-state index contributed by atoms with van der Waals surface area (Å²) in [4.78, 5) is 23.2. The Morgan fingerprint density at radius 2 is 0.726 bits per heavy atom. The number of amides is 2. The van der Waals surface area contributed by atoms with E-state index in [9.17, 15) is 26.4 Å². The van der Waals surface area contributed by atoms with E-state index in [-0.39, 0.29) is 51.9 Å². The fraction of sp³-hybridized carbons (Fsp3) is 0.348. The lowest BCUT2D eigenvalue weighted by atomic mass is 10.2. The first kappa shape index (κ1) is 50.7. The SMILES string of the molecule is C=CCC[C@@H](CC(N)=O)S(=O)(=O)N(Cc1ccc(OC)cc1)Cc1ccc(OC)cc1.C=CCC[C@H](CC(N)=O)S(=O)(=O)N(Cc1ccc(OC)cc1)Cc1ccc(OC)cc1. The molecule has 0 aliphatic heterocycles. The molecule has 0 bridgehead atoms. The van der Waals surface area contributed by atoms with Gasteiger partial charge in [0, 0.05) is 39.0 Å². The molecule has 0 aliphatic carbocycles. The van der Waals surface area contributed by atoms with Crippen LogP contribution in [0.5, 0.6) is 23.0 Å². The number of hydrogen-bond donors (Lipinski definition) is 2. The molecule has 336 valence electrons. The number of rotatable bonds is 26. The summed E-state index contributed by atoms with van der Waals surface area (Å²) in [6.07, 6.45) is 4.29. The van der Waals surface area contributed by atoms with E-state index in [2.05, 4.69) is 13.2 Å². The van der Waals surface area contributed by atoms with Gasteiger partial charge >= 0.3 is 0 Å². The van der Waals surface area contributed by atoms with E-state index in [0.717, 1.165) is 22.3 Å². The van der Waals surface area contributed by atoms with E-state index in [0.29, 0.717) is 35.8 Å². The Morgan fingerprint density at radius 3 is 0.903 bits per heavy atom. The van der Waals surface area contributed by atoms with Gasteiger partial charge in [0.2, 0.25) is 31.9 Å². The van der Waals surface area contributed by atoms with Gasteiger partial charge in [-0.3, -0.25) is 9.59 Å². The molecule has 0 saturated heterocycles. The van der Waals surface area contributed by atoms with Crippen LogP contribution in [0.15, 0.2) is 122 Å². The monoisotopic (exact) mass is 892 g/mol. The predicted octanol–water partition coefficient (Wildman–Crippen LogP) is 6.49. The van der Waals surface area contributed by atoms with Crippen LogP contribution in [-0.4, -0.2) is 76.2 Å². The molecule has 4 aromatic carbocycles. The average molecular weight is 893 g/mol. The molecule has 0 fully saturated rings. The zero-order valence-electron chi connectivity index (χ0n) is 36.0. The predicted molar refractivity (Wildman–Crippen MR) is 242 cm³/mol. The van der Waals surface area contributed by atoms with Crippen LogP contribution in [-0.2, 0) is 55.8 Å². The molecule has 0 unspecified atom stereocenters. The van der Waals surface area contributed by atoms with Crippen LogP contribution in [0, 0.1) is 0 Å². The summed E-state index contributed by atoms with van der Waals surface area (Å²) in [5, 5.41) is -1.83. The maximum atomic E-state index is 13.6. The van der Waals surface area contributed by atoms with Crippen LogP contribution in [0.4, 0.5) is 0 Å². The van der Waals surface area contributed by atoms with Crippen LogP contribution in [0.3, 0.4) is 0 Å². The highest BCUT2D eigenvalue weighted by Crippen LogP contribution is 2.26. The van der Waals surface area contributed by atoms with Gasteiger partial charge in [-0.25, -0.2) is 16.8 Å². The third-order valence-corrected chi connectivity index (χ3v) is 14.3. The van der Waals surface area contributed by atoms with Crippen molar-refractivity contribution in [3.05, 3.63) is 145 Å². The van der Waals surface area contributed by atoms with Crippen molar-refractivity contribution in [3.63, 3.8) is 0 Å². The molecule has 2 amide bonds. The number of nitrogens with zero attached hydrogens (tertiary/aromatic N) is 2. The number of carbonyl (C=O) groups excluding carboxylic acids is 2. The number of methoxy groups -OCH3 is 4. The molecule has 4 N–H and O–H groups in total. The van der Waals surface area contributed by atoms with E-state index in [1.165, 1.54) is 8.61 Å². The lowest BCUT2D eigenvalue weighted by Gasteiger charge is -2.27. The second-order valence-corrected chi connectivity index (χ2v) is 18.8. The van der Waals surface area contributed by atoms with Crippen molar-refractivity contribution in [2.24, 2.45) is 11.5 Å². The fourth-order valence-corrected chi connectivity index (χ4v) is 10.2. The van der Waals surface area contributed by atoms with Crippen LogP contribution < -0.4 is 30.4 Å². The highest BCUT2D eigenvalue weighted by molar-refractivity contribution is 7.90. The summed E-state index contributed by atoms with van der Waals surface area (Å²) < 4.78 is 77.8. The Bertz CT molecular complexity index is 1970. The van der Waals surface area contributed by atoms with Crippen LogP contribution in [0.25, 0.3) is 0 Å². The van der Waals surface area contributed by atoms with Gasteiger partial charge in [0.05, 0.1) is 38.9 Å². The van der Waals surface area contributed by atoms with Crippen molar-refractivity contribution in [3.8, 4) is 23.0 Å². The Kier molecular flexibility index (Phi) is 20.7. The molecule has 62 heavy (non-hydrogen) atoms. The second kappa shape index (κ2) is 25.3. The highest BCUT2D eigenvalue weighted by Gasteiger charge is 2.34. The van der Waals surface area contributed by atoms with Crippen molar-refractivity contribution < 1.29 is 45.4 Å². The lowest BCUT2D eigenvalue weighted by Crippen LogP contribution is -2.40. The molecule has 16 heteroatoms. The standard InChI is InChI=1S/2C23H30N2O5S/c2*1-4-5-6-22(15-23(24)26)31(27,28)25(16-18-7-11-20(29-2)12-8-18)17-19-9-13-21(30-3)14-10-19/h2*4,7-14,22H,1,5-6,15-17H2,2-3H3,(H2,24,26)/t2*22-/m10/s1. The normalized spacial score (nSPS) is 12.4. The van der Waals surface area contributed by atoms with Gasteiger partial charge in [-0.1, -0.05) is 60.7 Å². The molecule has 0 spiro atoms. The smallest absolute Gasteiger partial charge is 0.218 e. The van der Waals surface area contributed by atoms with Crippen molar-refractivity contribution in [2.75, 3.05) is 28.4 Å². The summed E-state index contributed by atoms with van der Waals surface area (Å²) in [6, 6.07) is 28.8. The zero-order valence-corrected chi connectivity index (χ0v) is 37.6. The quantitative estimate of drug-likeness (QED) is 0.0657. The zero-order chi connectivity index (χ0) is 45.7. The van der Waals surface area contributed by atoms with Crippen molar-refractivity contribution in [2.45, 2.75) is 75.2 Å². The van der Waals surface area contributed by atoms with E-state index in [1.807, 2.05) is 48.5 Å². The van der Waals surface area contributed by atoms with Crippen molar-refractivity contribution in [1.82, 2.24) is 8.61 Å². The summed E-state index contributed by atoms with van der Waals surface area (Å²) in [5.74, 6) is 1.45. The number of carbonyl (C=O) groups is 2. The minimum absolute atomic E-state index is 0.154. The summed E-state index contributed by atoms with van der Waals surface area (Å²) in [6.45, 7) is 7.93. The maximum Gasteiger partial charge on any atom is 0.218 e. The fourth-order valence-electron chi connectivity index (χ4n) is 6.40. The molecule has 2 atom stereocenters. The number of allylic oxidation sites excluding steroid dienone is 2. The molecule has 4 rings (SSSR count). The van der Waals surface area contributed by atoms with Crippen LogP contribution >= 0.6 is 0 Å². The number of nitrogens with two attached hydrogens (primary N) is 2. The minimum atomic E-state index is -3.84. The first-order chi connectivity index (χ1) is 29.6. The van der Waals surface area contributed by atoms with Gasteiger partial charge in [-0.2, -0.15) is 8.61 Å². The average Bonchev–Trinajstić information content (AvgIpc) is 3.27. The van der Waals surface area contributed by atoms with Gasteiger partial charge in [0.1, 0.15) is 23.0 Å². The van der Waals surface area contributed by atoms with Crippen LogP contribution in [0.2, 0.25) is 0 Å². The van der Waals surface area contributed by atoms with E-state index < -0.39 is 42.4 Å². The number of benzene rings is 4. The van der Waals surface area contributed by atoms with E-state index >= 15 is 0 Å². The molecule has 0 aliphatic rings. The van der Waals surface area contributed by atoms with Crippen molar-refractivity contribution in [1.29, 1.82) is 0 Å². The second-order valence-electron chi connectivity index (χ2n) is 14.3. The Balaban J connectivity index is 0.000000330. The Hall–Kier alpha value is -5.68. The Morgan fingerprint density at radius 1 is 0.500 bits per heavy atom. The molecule has 14 nitrogen and oxygen atoms in total. The molecular formula is C46H60N4O10S2. The van der Waals surface area contributed by atoms with E-state index in [4.69, 9.17) is 30.4 Å². The number of sulfonamides is 2. The summed E-state index contributed by atoms with van der Waals surface area (Å²) in [7, 11) is -1.38.